The van der Waals surface area contributed by atoms with Crippen molar-refractivity contribution in [2.75, 3.05) is 5.33 Å². The van der Waals surface area contributed by atoms with Crippen molar-refractivity contribution in [3.8, 4) is 0 Å². The van der Waals surface area contributed by atoms with Crippen molar-refractivity contribution in [2.24, 2.45) is 0 Å². The van der Waals surface area contributed by atoms with Gasteiger partial charge in [-0.2, -0.15) is 0 Å². The molecule has 12 heavy (non-hydrogen) atoms. The molecule has 0 aromatic carbocycles. The van der Waals surface area contributed by atoms with Gasteiger partial charge in [0.1, 0.15) is 0 Å². The third-order valence-corrected chi connectivity index (χ3v) is 2.09. The Morgan fingerprint density at radius 1 is 1.08 bits per heavy atom. The zero-order chi connectivity index (χ0) is 9.40. The fraction of sp³-hybridized carbons (Fsp3) is 0.750. The molecule has 0 heterocycles. The highest BCUT2D eigenvalue weighted by molar-refractivity contribution is 9.09. The van der Waals surface area contributed by atoms with Crippen LogP contribution in [0.3, 0.4) is 0 Å². The first kappa shape index (κ1) is 11.6. The van der Waals surface area contributed by atoms with E-state index in [9.17, 15) is 9.59 Å². The second-order valence-corrected chi connectivity index (χ2v) is 3.37. The number of carboxylic acids is 1. The molecule has 4 heteroatoms. The quantitative estimate of drug-likeness (QED) is 0.418. The standard InChI is InChI=1S/C8H13BrO3/c9-6-4-2-1-3-5-7(10)8(11)12/h1-6H2,(H,11,12). The van der Waals surface area contributed by atoms with Crippen molar-refractivity contribution in [3.05, 3.63) is 0 Å². The summed E-state index contributed by atoms with van der Waals surface area (Å²) in [6.45, 7) is 0. The summed E-state index contributed by atoms with van der Waals surface area (Å²) in [7, 11) is 0. The summed E-state index contributed by atoms with van der Waals surface area (Å²) in [5, 5.41) is 9.20. The van der Waals surface area contributed by atoms with E-state index in [1.54, 1.807) is 0 Å². The summed E-state index contributed by atoms with van der Waals surface area (Å²) >= 11 is 3.29. The van der Waals surface area contributed by atoms with E-state index in [-0.39, 0.29) is 6.42 Å². The lowest BCUT2D eigenvalue weighted by atomic mass is 10.1. The van der Waals surface area contributed by atoms with E-state index in [2.05, 4.69) is 15.9 Å². The van der Waals surface area contributed by atoms with Gasteiger partial charge in [-0.05, 0) is 12.8 Å². The lowest BCUT2D eigenvalue weighted by molar-refractivity contribution is -0.149. The molecule has 0 saturated heterocycles. The highest BCUT2D eigenvalue weighted by Crippen LogP contribution is 2.04. The summed E-state index contributed by atoms with van der Waals surface area (Å²) in [4.78, 5) is 20.6. The molecule has 3 nitrogen and oxygen atoms in total. The molecule has 0 unspecified atom stereocenters. The number of alkyl halides is 1. The number of hydrogen-bond donors (Lipinski definition) is 1. The molecule has 0 saturated carbocycles. The third-order valence-electron chi connectivity index (χ3n) is 1.53. The Kier molecular flexibility index (Phi) is 7.05. The average Bonchev–Trinajstić information content (AvgIpc) is 2.03. The average molecular weight is 237 g/mol. The van der Waals surface area contributed by atoms with Crippen LogP contribution in [0.5, 0.6) is 0 Å². The molecule has 0 aliphatic heterocycles. The van der Waals surface area contributed by atoms with Gasteiger partial charge < -0.3 is 5.11 Å². The van der Waals surface area contributed by atoms with Crippen molar-refractivity contribution in [1.29, 1.82) is 0 Å². The molecule has 0 spiro atoms. The minimum Gasteiger partial charge on any atom is -0.476 e. The van der Waals surface area contributed by atoms with Crippen molar-refractivity contribution in [3.63, 3.8) is 0 Å². The van der Waals surface area contributed by atoms with E-state index in [0.29, 0.717) is 6.42 Å². The predicted octanol–water partition coefficient (Wildman–Crippen LogP) is 1.99. The van der Waals surface area contributed by atoms with E-state index in [1.807, 2.05) is 0 Å². The molecule has 0 aliphatic carbocycles. The van der Waals surface area contributed by atoms with Crippen LogP contribution in [0.4, 0.5) is 0 Å². The molecule has 0 rings (SSSR count). The molecule has 0 fully saturated rings. The highest BCUT2D eigenvalue weighted by atomic mass is 79.9. The summed E-state index contributed by atoms with van der Waals surface area (Å²) in [5.74, 6) is -1.98. The van der Waals surface area contributed by atoms with Crippen LogP contribution in [0.25, 0.3) is 0 Å². The van der Waals surface area contributed by atoms with Gasteiger partial charge in [0, 0.05) is 11.8 Å². The molecule has 0 atom stereocenters. The van der Waals surface area contributed by atoms with Gasteiger partial charge >= 0.3 is 5.97 Å². The van der Waals surface area contributed by atoms with E-state index < -0.39 is 11.8 Å². The first-order chi connectivity index (χ1) is 5.68. The molecule has 1 N–H and O–H groups in total. The molecule has 0 aromatic rings. The van der Waals surface area contributed by atoms with Crippen LogP contribution in [0.2, 0.25) is 0 Å². The van der Waals surface area contributed by atoms with Crippen LogP contribution in [0, 0.1) is 0 Å². The number of unbranched alkanes of at least 4 members (excludes halogenated alkanes) is 3. The number of rotatable bonds is 7. The minimum atomic E-state index is -1.31. The summed E-state index contributed by atoms with van der Waals surface area (Å²) < 4.78 is 0. The van der Waals surface area contributed by atoms with E-state index in [1.165, 1.54) is 0 Å². The Hall–Kier alpha value is -0.380. The van der Waals surface area contributed by atoms with Crippen LogP contribution in [0.15, 0.2) is 0 Å². The first-order valence-corrected chi connectivity index (χ1v) is 5.12. The zero-order valence-corrected chi connectivity index (χ0v) is 8.47. The van der Waals surface area contributed by atoms with E-state index in [4.69, 9.17) is 5.11 Å². The first-order valence-electron chi connectivity index (χ1n) is 4.00. The normalized spacial score (nSPS) is 9.75. The molecule has 0 aromatic heterocycles. The zero-order valence-electron chi connectivity index (χ0n) is 6.88. The molecule has 0 amide bonds. The second kappa shape index (κ2) is 7.28. The molecule has 0 aliphatic rings. The molecular formula is C8H13BrO3. The SMILES string of the molecule is O=C(O)C(=O)CCCCCCBr. The fourth-order valence-electron chi connectivity index (χ4n) is 0.841. The lowest BCUT2D eigenvalue weighted by Gasteiger charge is -1.96. The Bertz CT molecular complexity index is 156. The largest absolute Gasteiger partial charge is 0.476 e. The molecular weight excluding hydrogens is 224 g/mol. The maximum atomic E-state index is 10.6. The van der Waals surface area contributed by atoms with Gasteiger partial charge in [-0.1, -0.05) is 28.8 Å². The van der Waals surface area contributed by atoms with Crippen molar-refractivity contribution in [2.45, 2.75) is 32.1 Å². The topological polar surface area (TPSA) is 54.4 Å². The van der Waals surface area contributed by atoms with Crippen LogP contribution in [0.1, 0.15) is 32.1 Å². The van der Waals surface area contributed by atoms with Gasteiger partial charge in [0.05, 0.1) is 0 Å². The van der Waals surface area contributed by atoms with Gasteiger partial charge in [0.2, 0.25) is 5.78 Å². The monoisotopic (exact) mass is 236 g/mol. The number of halogens is 1. The number of carbonyl (C=O) groups excluding carboxylic acids is 1. The smallest absolute Gasteiger partial charge is 0.372 e. The van der Waals surface area contributed by atoms with Gasteiger partial charge in [0.25, 0.3) is 0 Å². The van der Waals surface area contributed by atoms with Crippen molar-refractivity contribution >= 4 is 27.7 Å². The molecule has 0 bridgehead atoms. The number of carbonyl (C=O) groups is 2. The highest BCUT2D eigenvalue weighted by Gasteiger charge is 2.09. The van der Waals surface area contributed by atoms with Crippen LogP contribution >= 0.6 is 15.9 Å². The maximum absolute atomic E-state index is 10.6. The van der Waals surface area contributed by atoms with Crippen molar-refractivity contribution < 1.29 is 14.7 Å². The summed E-state index contributed by atoms with van der Waals surface area (Å²) in [6, 6.07) is 0. The Labute approximate surface area is 80.3 Å². The Morgan fingerprint density at radius 2 is 1.67 bits per heavy atom. The summed E-state index contributed by atoms with van der Waals surface area (Å²) in [6.07, 6.45) is 3.94. The van der Waals surface area contributed by atoms with Crippen LogP contribution in [-0.4, -0.2) is 22.2 Å². The van der Waals surface area contributed by atoms with Gasteiger partial charge in [-0.25, -0.2) is 4.79 Å². The molecule has 70 valence electrons. The van der Waals surface area contributed by atoms with E-state index >= 15 is 0 Å². The van der Waals surface area contributed by atoms with Crippen molar-refractivity contribution in [1.82, 2.24) is 0 Å². The minimum absolute atomic E-state index is 0.178. The van der Waals surface area contributed by atoms with Crippen LogP contribution < -0.4 is 0 Å². The number of Topliss-reactive ketones (excluding diaryl/α,β-unsaturated/α-hetero) is 1. The molecule has 0 radical (unpaired) electrons. The van der Waals surface area contributed by atoms with Gasteiger partial charge in [-0.15, -0.1) is 0 Å². The second-order valence-electron chi connectivity index (χ2n) is 2.58. The number of carboxylic acid groups (broad SMARTS) is 1. The van der Waals surface area contributed by atoms with Crippen LogP contribution in [-0.2, 0) is 9.59 Å². The number of aliphatic carboxylic acids is 1. The Morgan fingerprint density at radius 3 is 2.17 bits per heavy atom. The summed E-state index contributed by atoms with van der Waals surface area (Å²) in [5.41, 5.74) is 0. The van der Waals surface area contributed by atoms with E-state index in [0.717, 1.165) is 24.6 Å². The van der Waals surface area contributed by atoms with Gasteiger partial charge in [-0.3, -0.25) is 4.79 Å². The number of ketones is 1. The van der Waals surface area contributed by atoms with Gasteiger partial charge in [0.15, 0.2) is 0 Å². The predicted molar refractivity (Wildman–Crippen MR) is 49.5 cm³/mol. The third kappa shape index (κ3) is 6.34. The lowest BCUT2D eigenvalue weighted by Crippen LogP contribution is -2.11. The fourth-order valence-corrected chi connectivity index (χ4v) is 1.24. The Balaban J connectivity index is 3.20. The number of hydrogen-bond acceptors (Lipinski definition) is 2. The maximum Gasteiger partial charge on any atom is 0.372 e.